The highest BCUT2D eigenvalue weighted by molar-refractivity contribution is 5.95. The van der Waals surface area contributed by atoms with E-state index in [0.29, 0.717) is 11.3 Å². The lowest BCUT2D eigenvalue weighted by molar-refractivity contribution is -0.113. The second kappa shape index (κ2) is 3.18. The van der Waals surface area contributed by atoms with E-state index in [0.717, 1.165) is 4.90 Å². The number of hydrogen-bond acceptors (Lipinski definition) is 2. The Morgan fingerprint density at radius 2 is 1.80 bits per heavy atom. The molecule has 5 heteroatoms. The Morgan fingerprint density at radius 3 is 2.27 bits per heavy atom. The number of anilines is 1. The predicted molar refractivity (Wildman–Crippen MR) is 51.7 cm³/mol. The smallest absolute Gasteiger partial charge is 0.282 e. The first-order valence-electron chi connectivity index (χ1n) is 4.51. The van der Waals surface area contributed by atoms with E-state index in [1.54, 1.807) is 12.1 Å². The number of hydrogen-bond donors (Lipinski definition) is 1. The van der Waals surface area contributed by atoms with E-state index >= 15 is 0 Å². The molecule has 2 rings (SSSR count). The maximum Gasteiger partial charge on any atom is 0.282 e. The zero-order chi connectivity index (χ0) is 11.1. The van der Waals surface area contributed by atoms with Crippen molar-refractivity contribution in [2.75, 3.05) is 18.8 Å². The standard InChI is InChI=1S/C10H10F2N2O/c11-10(12)5-14(6-10)9(15)7-1-3-8(13)4-2-7/h1-4H,5-6,13H2. The molecule has 0 bridgehead atoms. The number of alkyl halides is 2. The number of benzene rings is 1. The van der Waals surface area contributed by atoms with Crippen molar-refractivity contribution in [3.05, 3.63) is 29.8 Å². The van der Waals surface area contributed by atoms with Gasteiger partial charge < -0.3 is 10.6 Å². The van der Waals surface area contributed by atoms with Crippen molar-refractivity contribution in [2.24, 2.45) is 0 Å². The lowest BCUT2D eigenvalue weighted by Crippen LogP contribution is -2.58. The summed E-state index contributed by atoms with van der Waals surface area (Å²) in [7, 11) is 0. The number of nitrogens with two attached hydrogens (primary N) is 1. The van der Waals surface area contributed by atoms with Gasteiger partial charge in [0.2, 0.25) is 0 Å². The molecular formula is C10H10F2N2O. The highest BCUT2D eigenvalue weighted by Gasteiger charge is 2.46. The van der Waals surface area contributed by atoms with Gasteiger partial charge in [0.05, 0.1) is 13.1 Å². The Labute approximate surface area is 85.5 Å². The zero-order valence-corrected chi connectivity index (χ0v) is 7.91. The summed E-state index contributed by atoms with van der Waals surface area (Å²) in [6.45, 7) is -0.980. The molecule has 1 amide bonds. The van der Waals surface area contributed by atoms with Gasteiger partial charge in [-0.25, -0.2) is 8.78 Å². The van der Waals surface area contributed by atoms with Crippen LogP contribution >= 0.6 is 0 Å². The highest BCUT2D eigenvalue weighted by Crippen LogP contribution is 2.27. The van der Waals surface area contributed by atoms with E-state index in [9.17, 15) is 13.6 Å². The van der Waals surface area contributed by atoms with Crippen molar-refractivity contribution in [1.82, 2.24) is 4.90 Å². The van der Waals surface area contributed by atoms with E-state index in [2.05, 4.69) is 0 Å². The molecule has 1 saturated heterocycles. The van der Waals surface area contributed by atoms with Crippen molar-refractivity contribution in [1.29, 1.82) is 0 Å². The van der Waals surface area contributed by atoms with E-state index in [1.165, 1.54) is 12.1 Å². The zero-order valence-electron chi connectivity index (χ0n) is 7.91. The van der Waals surface area contributed by atoms with Crippen molar-refractivity contribution < 1.29 is 13.6 Å². The lowest BCUT2D eigenvalue weighted by atomic mass is 10.1. The minimum atomic E-state index is -2.72. The Bertz CT molecular complexity index is 381. The monoisotopic (exact) mass is 212 g/mol. The molecule has 0 saturated carbocycles. The number of nitrogens with zero attached hydrogens (tertiary/aromatic N) is 1. The molecule has 1 aliphatic heterocycles. The third-order valence-electron chi connectivity index (χ3n) is 2.29. The first kappa shape index (κ1) is 9.89. The van der Waals surface area contributed by atoms with Crippen LogP contribution in [0.1, 0.15) is 10.4 Å². The molecule has 0 aliphatic carbocycles. The van der Waals surface area contributed by atoms with Gasteiger partial charge in [-0.2, -0.15) is 0 Å². The molecule has 0 unspecified atom stereocenters. The fraction of sp³-hybridized carbons (Fsp3) is 0.300. The molecule has 0 aromatic heterocycles. The maximum atomic E-state index is 12.5. The first-order chi connectivity index (χ1) is 6.98. The summed E-state index contributed by atoms with van der Waals surface area (Å²) in [6.07, 6.45) is 0. The van der Waals surface area contributed by atoms with Gasteiger partial charge in [-0.1, -0.05) is 0 Å². The summed E-state index contributed by atoms with van der Waals surface area (Å²) in [5.74, 6) is -3.09. The van der Waals surface area contributed by atoms with Crippen LogP contribution in [0.5, 0.6) is 0 Å². The molecule has 1 aromatic rings. The van der Waals surface area contributed by atoms with Crippen molar-refractivity contribution >= 4 is 11.6 Å². The third-order valence-corrected chi connectivity index (χ3v) is 2.29. The molecule has 0 atom stereocenters. The van der Waals surface area contributed by atoms with Crippen molar-refractivity contribution in [2.45, 2.75) is 5.92 Å². The molecular weight excluding hydrogens is 202 g/mol. The van der Waals surface area contributed by atoms with Crippen LogP contribution in [0.15, 0.2) is 24.3 Å². The van der Waals surface area contributed by atoms with Crippen LogP contribution < -0.4 is 5.73 Å². The van der Waals surface area contributed by atoms with Crippen molar-refractivity contribution in [3.63, 3.8) is 0 Å². The van der Waals surface area contributed by atoms with Crippen molar-refractivity contribution in [3.8, 4) is 0 Å². The van der Waals surface area contributed by atoms with Crippen LogP contribution in [0.4, 0.5) is 14.5 Å². The van der Waals surface area contributed by atoms with Gasteiger partial charge in [0.1, 0.15) is 0 Å². The van der Waals surface area contributed by atoms with Crippen LogP contribution in [0.3, 0.4) is 0 Å². The summed E-state index contributed by atoms with van der Waals surface area (Å²) in [5.41, 5.74) is 6.38. The van der Waals surface area contributed by atoms with Crippen LogP contribution in [-0.4, -0.2) is 29.8 Å². The summed E-state index contributed by atoms with van der Waals surface area (Å²) < 4.78 is 25.0. The molecule has 0 radical (unpaired) electrons. The SMILES string of the molecule is Nc1ccc(C(=O)N2CC(F)(F)C2)cc1. The normalized spacial score (nSPS) is 18.4. The fourth-order valence-electron chi connectivity index (χ4n) is 1.46. The second-order valence-corrected chi connectivity index (χ2v) is 3.64. The van der Waals surface area contributed by atoms with E-state index in [-0.39, 0.29) is 5.91 Å². The summed E-state index contributed by atoms with van der Waals surface area (Å²) in [4.78, 5) is 12.7. The Morgan fingerprint density at radius 1 is 1.27 bits per heavy atom. The third kappa shape index (κ3) is 1.91. The number of nitrogen functional groups attached to an aromatic ring is 1. The van der Waals surface area contributed by atoms with Crippen LogP contribution in [0.25, 0.3) is 0 Å². The molecule has 3 nitrogen and oxygen atoms in total. The van der Waals surface area contributed by atoms with E-state index in [1.807, 2.05) is 0 Å². The maximum absolute atomic E-state index is 12.5. The van der Waals surface area contributed by atoms with Crippen LogP contribution in [0.2, 0.25) is 0 Å². The number of amides is 1. The number of likely N-dealkylation sites (tertiary alicyclic amines) is 1. The molecule has 0 spiro atoms. The topological polar surface area (TPSA) is 46.3 Å². The fourth-order valence-corrected chi connectivity index (χ4v) is 1.46. The Balaban J connectivity index is 2.07. The molecule has 15 heavy (non-hydrogen) atoms. The number of rotatable bonds is 1. The largest absolute Gasteiger partial charge is 0.399 e. The number of carbonyl (C=O) groups is 1. The Kier molecular flexibility index (Phi) is 2.10. The summed E-state index contributed by atoms with van der Waals surface area (Å²) in [6, 6.07) is 6.22. The molecule has 2 N–H and O–H groups in total. The van der Waals surface area contributed by atoms with Crippen LogP contribution in [0, 0.1) is 0 Å². The average Bonchev–Trinajstić information content (AvgIpc) is 2.14. The Hall–Kier alpha value is -1.65. The number of halogens is 2. The van der Waals surface area contributed by atoms with Gasteiger partial charge in [-0.05, 0) is 24.3 Å². The summed E-state index contributed by atoms with van der Waals surface area (Å²) >= 11 is 0. The predicted octanol–water partition coefficient (Wildman–Crippen LogP) is 1.36. The van der Waals surface area contributed by atoms with Gasteiger partial charge in [-0.3, -0.25) is 4.79 Å². The van der Waals surface area contributed by atoms with E-state index < -0.39 is 19.0 Å². The minimum absolute atomic E-state index is 0.374. The highest BCUT2D eigenvalue weighted by atomic mass is 19.3. The summed E-state index contributed by atoms with van der Waals surface area (Å²) in [5, 5.41) is 0. The lowest BCUT2D eigenvalue weighted by Gasteiger charge is -2.38. The quantitative estimate of drug-likeness (QED) is 0.714. The molecule has 80 valence electrons. The van der Waals surface area contributed by atoms with Gasteiger partial charge in [-0.15, -0.1) is 0 Å². The molecule has 1 aliphatic rings. The second-order valence-electron chi connectivity index (χ2n) is 3.64. The van der Waals surface area contributed by atoms with E-state index in [4.69, 9.17) is 5.73 Å². The van der Waals surface area contributed by atoms with Crippen LogP contribution in [-0.2, 0) is 0 Å². The average molecular weight is 212 g/mol. The molecule has 1 fully saturated rings. The molecule has 1 aromatic carbocycles. The first-order valence-corrected chi connectivity index (χ1v) is 4.51. The van der Waals surface area contributed by atoms with Gasteiger partial charge >= 0.3 is 0 Å². The van der Waals surface area contributed by atoms with Gasteiger partial charge in [0.15, 0.2) is 0 Å². The van der Waals surface area contributed by atoms with Gasteiger partial charge in [0, 0.05) is 11.3 Å². The minimum Gasteiger partial charge on any atom is -0.399 e. The van der Waals surface area contributed by atoms with Gasteiger partial charge in [0.25, 0.3) is 11.8 Å². The number of carbonyl (C=O) groups excluding carboxylic acids is 1. The molecule has 1 heterocycles.